The number of hydrogen-bond acceptors (Lipinski definition) is 4. The highest BCUT2D eigenvalue weighted by atomic mass is 16.3. The Morgan fingerprint density at radius 1 is 1.04 bits per heavy atom. The molecule has 130 valence electrons. The van der Waals surface area contributed by atoms with Gasteiger partial charge in [-0.2, -0.15) is 0 Å². The first kappa shape index (κ1) is 16.8. The summed E-state index contributed by atoms with van der Waals surface area (Å²) >= 11 is 0. The van der Waals surface area contributed by atoms with Crippen LogP contribution >= 0.6 is 0 Å². The minimum atomic E-state index is -0.354. The second-order valence-corrected chi connectivity index (χ2v) is 5.88. The summed E-state index contributed by atoms with van der Waals surface area (Å²) < 4.78 is 5.10. The van der Waals surface area contributed by atoms with Crippen LogP contribution < -0.4 is 16.0 Å². The van der Waals surface area contributed by atoms with Crippen molar-refractivity contribution in [1.29, 1.82) is 0 Å². The minimum absolute atomic E-state index is 0.0189. The number of anilines is 1. The van der Waals surface area contributed by atoms with Crippen LogP contribution in [0.25, 0.3) is 0 Å². The van der Waals surface area contributed by atoms with Crippen LogP contribution in [0.3, 0.4) is 0 Å². The lowest BCUT2D eigenvalue weighted by Gasteiger charge is -2.07. The molecule has 3 amide bonds. The van der Waals surface area contributed by atoms with Crippen LogP contribution in [-0.2, 0) is 16.1 Å². The predicted octanol–water partition coefficient (Wildman–Crippen LogP) is 1.67. The fraction of sp³-hybridized carbons (Fsp3) is 0.278. The maximum absolute atomic E-state index is 12.0. The van der Waals surface area contributed by atoms with E-state index >= 15 is 0 Å². The molecule has 7 nitrogen and oxygen atoms in total. The Morgan fingerprint density at radius 2 is 1.80 bits per heavy atom. The monoisotopic (exact) mass is 341 g/mol. The van der Waals surface area contributed by atoms with E-state index in [9.17, 15) is 14.4 Å². The van der Waals surface area contributed by atoms with Crippen LogP contribution in [0.1, 0.15) is 29.0 Å². The minimum Gasteiger partial charge on any atom is -0.467 e. The number of nitrogens with one attached hydrogen (secondary N) is 3. The molecule has 0 saturated heterocycles. The lowest BCUT2D eigenvalue weighted by atomic mass is 10.2. The average molecular weight is 341 g/mol. The van der Waals surface area contributed by atoms with Gasteiger partial charge in [-0.25, -0.2) is 0 Å². The average Bonchev–Trinajstić information content (AvgIpc) is 3.35. The number of carbonyl (C=O) groups is 3. The molecule has 0 spiro atoms. The van der Waals surface area contributed by atoms with E-state index in [4.69, 9.17) is 4.42 Å². The first-order valence-electron chi connectivity index (χ1n) is 8.10. The lowest BCUT2D eigenvalue weighted by Crippen LogP contribution is -2.36. The molecule has 0 bridgehead atoms. The van der Waals surface area contributed by atoms with Gasteiger partial charge in [-0.1, -0.05) is 0 Å². The maximum atomic E-state index is 12.0. The highest BCUT2D eigenvalue weighted by molar-refractivity contribution is 5.98. The second kappa shape index (κ2) is 7.65. The van der Waals surface area contributed by atoms with E-state index in [0.29, 0.717) is 17.0 Å². The molecule has 1 heterocycles. The summed E-state index contributed by atoms with van der Waals surface area (Å²) in [6.45, 7) is 0.150. The first-order valence-corrected chi connectivity index (χ1v) is 8.10. The van der Waals surface area contributed by atoms with Crippen molar-refractivity contribution in [3.8, 4) is 0 Å². The van der Waals surface area contributed by atoms with Crippen LogP contribution in [0.4, 0.5) is 5.69 Å². The van der Waals surface area contributed by atoms with E-state index in [1.54, 1.807) is 36.4 Å². The zero-order valence-corrected chi connectivity index (χ0v) is 13.6. The molecule has 1 saturated carbocycles. The molecule has 1 aliphatic carbocycles. The molecular weight excluding hydrogens is 322 g/mol. The zero-order valence-electron chi connectivity index (χ0n) is 13.6. The normalized spacial score (nSPS) is 13.1. The summed E-state index contributed by atoms with van der Waals surface area (Å²) in [4.78, 5) is 35.4. The summed E-state index contributed by atoms with van der Waals surface area (Å²) in [5.74, 6) is 0.128. The van der Waals surface area contributed by atoms with Gasteiger partial charge in [0.2, 0.25) is 11.8 Å². The standard InChI is InChI=1S/C18H19N3O4/c22-16(19-10-15-2-1-9-25-15)11-20-17(23)12-5-7-14(8-6-12)21-18(24)13-3-4-13/h1-2,5-9,13H,3-4,10-11H2,(H,19,22)(H,20,23)(H,21,24). The fourth-order valence-electron chi connectivity index (χ4n) is 2.22. The molecule has 1 aliphatic rings. The van der Waals surface area contributed by atoms with E-state index < -0.39 is 0 Å². The maximum Gasteiger partial charge on any atom is 0.251 e. The molecule has 7 heteroatoms. The van der Waals surface area contributed by atoms with E-state index in [1.165, 1.54) is 6.26 Å². The van der Waals surface area contributed by atoms with Crippen LogP contribution in [0.15, 0.2) is 47.1 Å². The van der Waals surface area contributed by atoms with Crippen LogP contribution in [0.2, 0.25) is 0 Å². The Hall–Kier alpha value is -3.09. The Balaban J connectivity index is 1.42. The molecule has 25 heavy (non-hydrogen) atoms. The van der Waals surface area contributed by atoms with Gasteiger partial charge in [0, 0.05) is 17.2 Å². The largest absolute Gasteiger partial charge is 0.467 e. The summed E-state index contributed by atoms with van der Waals surface area (Å²) in [5.41, 5.74) is 1.08. The summed E-state index contributed by atoms with van der Waals surface area (Å²) in [6, 6.07) is 10.1. The van der Waals surface area contributed by atoms with Gasteiger partial charge >= 0.3 is 0 Å². The summed E-state index contributed by atoms with van der Waals surface area (Å²) in [5, 5.41) is 8.00. The molecule has 0 atom stereocenters. The Morgan fingerprint density at radius 3 is 2.44 bits per heavy atom. The van der Waals surface area contributed by atoms with Gasteiger partial charge in [-0.15, -0.1) is 0 Å². The zero-order chi connectivity index (χ0) is 17.6. The summed E-state index contributed by atoms with van der Waals surface area (Å²) in [7, 11) is 0. The van der Waals surface area contributed by atoms with Crippen LogP contribution in [0, 0.1) is 5.92 Å². The molecule has 1 aromatic heterocycles. The fourth-order valence-corrected chi connectivity index (χ4v) is 2.22. The summed E-state index contributed by atoms with van der Waals surface area (Å²) in [6.07, 6.45) is 3.41. The van der Waals surface area contributed by atoms with Gasteiger partial charge in [0.25, 0.3) is 5.91 Å². The highest BCUT2D eigenvalue weighted by Crippen LogP contribution is 2.30. The Labute approximate surface area is 144 Å². The molecule has 3 rings (SSSR count). The third-order valence-corrected chi connectivity index (χ3v) is 3.81. The van der Waals surface area contributed by atoms with Gasteiger partial charge in [-0.3, -0.25) is 14.4 Å². The van der Waals surface area contributed by atoms with Crippen molar-refractivity contribution >= 4 is 23.4 Å². The van der Waals surface area contributed by atoms with Crippen molar-refractivity contribution in [2.75, 3.05) is 11.9 Å². The first-order chi connectivity index (χ1) is 12.1. The van der Waals surface area contributed by atoms with Gasteiger partial charge < -0.3 is 20.4 Å². The van der Waals surface area contributed by atoms with Gasteiger partial charge in [-0.05, 0) is 49.2 Å². The lowest BCUT2D eigenvalue weighted by molar-refractivity contribution is -0.120. The van der Waals surface area contributed by atoms with Crippen molar-refractivity contribution in [3.05, 3.63) is 54.0 Å². The number of rotatable bonds is 7. The van der Waals surface area contributed by atoms with Crippen molar-refractivity contribution in [1.82, 2.24) is 10.6 Å². The molecule has 2 aromatic rings. The van der Waals surface area contributed by atoms with Crippen molar-refractivity contribution in [2.45, 2.75) is 19.4 Å². The number of carbonyl (C=O) groups excluding carboxylic acids is 3. The van der Waals surface area contributed by atoms with Gasteiger partial charge in [0.1, 0.15) is 5.76 Å². The van der Waals surface area contributed by atoms with E-state index in [0.717, 1.165) is 12.8 Å². The van der Waals surface area contributed by atoms with Crippen molar-refractivity contribution < 1.29 is 18.8 Å². The SMILES string of the molecule is O=C(CNC(=O)c1ccc(NC(=O)C2CC2)cc1)NCc1ccco1. The van der Waals surface area contributed by atoms with Crippen LogP contribution in [0.5, 0.6) is 0 Å². The third-order valence-electron chi connectivity index (χ3n) is 3.81. The van der Waals surface area contributed by atoms with E-state index in [1.807, 2.05) is 0 Å². The molecule has 0 aliphatic heterocycles. The quantitative estimate of drug-likeness (QED) is 0.713. The molecule has 1 aromatic carbocycles. The molecule has 0 unspecified atom stereocenters. The van der Waals surface area contributed by atoms with Gasteiger partial charge in [0.05, 0.1) is 19.4 Å². The molecule has 1 fully saturated rings. The third kappa shape index (κ3) is 4.94. The Kier molecular flexibility index (Phi) is 5.13. The van der Waals surface area contributed by atoms with E-state index in [-0.39, 0.29) is 36.7 Å². The second-order valence-electron chi connectivity index (χ2n) is 5.88. The van der Waals surface area contributed by atoms with E-state index in [2.05, 4.69) is 16.0 Å². The van der Waals surface area contributed by atoms with Gasteiger partial charge in [0.15, 0.2) is 0 Å². The Bertz CT molecular complexity index is 749. The number of hydrogen-bond donors (Lipinski definition) is 3. The number of benzene rings is 1. The topological polar surface area (TPSA) is 100 Å². The highest BCUT2D eigenvalue weighted by Gasteiger charge is 2.29. The molecule has 3 N–H and O–H groups in total. The number of furan rings is 1. The molecule has 0 radical (unpaired) electrons. The van der Waals surface area contributed by atoms with Crippen molar-refractivity contribution in [3.63, 3.8) is 0 Å². The molecular formula is C18H19N3O4. The predicted molar refractivity (Wildman–Crippen MR) is 90.7 cm³/mol. The van der Waals surface area contributed by atoms with Crippen molar-refractivity contribution in [2.24, 2.45) is 5.92 Å². The van der Waals surface area contributed by atoms with Crippen LogP contribution in [-0.4, -0.2) is 24.3 Å². The smallest absolute Gasteiger partial charge is 0.251 e. The number of amides is 3.